The summed E-state index contributed by atoms with van der Waals surface area (Å²) in [7, 11) is 1.65. The van der Waals surface area contributed by atoms with Crippen LogP contribution in [0.15, 0.2) is 66.4 Å². The fraction of sp³-hybridized carbons (Fsp3) is 0.182. The van der Waals surface area contributed by atoms with Crippen LogP contribution >= 0.6 is 0 Å². The van der Waals surface area contributed by atoms with Gasteiger partial charge in [-0.15, -0.1) is 6.58 Å². The van der Waals surface area contributed by atoms with Crippen molar-refractivity contribution in [1.82, 2.24) is 9.66 Å². The highest BCUT2D eigenvalue weighted by molar-refractivity contribution is 5.80. The summed E-state index contributed by atoms with van der Waals surface area (Å²) in [5.41, 5.74) is 9.57. The van der Waals surface area contributed by atoms with E-state index in [-0.39, 0.29) is 0 Å². The Kier molecular flexibility index (Phi) is 6.11. The largest absolute Gasteiger partial charge is 0.496 e. The molecule has 0 aliphatic carbocycles. The molecule has 1 aromatic heterocycles. The molecule has 6 heteroatoms. The fourth-order valence-electron chi connectivity index (χ4n) is 2.84. The molecule has 0 saturated heterocycles. The number of allylic oxidation sites excluding steroid dienone is 1. The number of nitrogen functional groups attached to an aromatic ring is 1. The van der Waals surface area contributed by atoms with Crippen LogP contribution in [0.5, 0.6) is 11.5 Å². The molecular weight excluding hydrogens is 352 g/mol. The second-order valence-electron chi connectivity index (χ2n) is 6.29. The van der Waals surface area contributed by atoms with Crippen molar-refractivity contribution in [3.8, 4) is 11.5 Å². The number of hydrogen-bond acceptors (Lipinski definition) is 5. The Hall–Kier alpha value is -3.54. The van der Waals surface area contributed by atoms with E-state index in [9.17, 15) is 0 Å². The molecule has 0 spiro atoms. The second-order valence-corrected chi connectivity index (χ2v) is 6.29. The summed E-state index contributed by atoms with van der Waals surface area (Å²) in [4.78, 5) is 4.13. The molecule has 6 nitrogen and oxygen atoms in total. The first kappa shape index (κ1) is 19.2. The lowest BCUT2D eigenvalue weighted by Gasteiger charge is -2.13. The van der Waals surface area contributed by atoms with Crippen LogP contribution in [0.25, 0.3) is 0 Å². The summed E-state index contributed by atoms with van der Waals surface area (Å²) in [5.74, 6) is 1.95. The van der Waals surface area contributed by atoms with Gasteiger partial charge in [0, 0.05) is 5.56 Å². The lowest BCUT2D eigenvalue weighted by atomic mass is 10.1. The van der Waals surface area contributed by atoms with Crippen LogP contribution in [0.3, 0.4) is 0 Å². The van der Waals surface area contributed by atoms with Crippen molar-refractivity contribution >= 4 is 12.2 Å². The molecule has 2 N–H and O–H groups in total. The fourth-order valence-corrected chi connectivity index (χ4v) is 2.84. The molecule has 2 aromatic carbocycles. The van der Waals surface area contributed by atoms with Gasteiger partial charge < -0.3 is 15.2 Å². The first-order valence-corrected chi connectivity index (χ1v) is 8.95. The lowest BCUT2D eigenvalue weighted by Crippen LogP contribution is -2.02. The van der Waals surface area contributed by atoms with E-state index < -0.39 is 0 Å². The molecule has 0 bridgehead atoms. The van der Waals surface area contributed by atoms with Crippen LogP contribution in [0, 0.1) is 6.92 Å². The molecule has 1 heterocycles. The van der Waals surface area contributed by atoms with Crippen LogP contribution in [0.2, 0.25) is 0 Å². The van der Waals surface area contributed by atoms with Gasteiger partial charge in [0.1, 0.15) is 18.1 Å². The number of methoxy groups -OCH3 is 1. The topological polar surface area (TPSA) is 74.7 Å². The predicted molar refractivity (Wildman–Crippen MR) is 112 cm³/mol. The van der Waals surface area contributed by atoms with Crippen molar-refractivity contribution in [3.63, 3.8) is 0 Å². The number of nitrogens with zero attached hydrogens (tertiary/aromatic N) is 3. The lowest BCUT2D eigenvalue weighted by molar-refractivity contribution is 0.294. The minimum atomic E-state index is 0.352. The normalized spacial score (nSPS) is 10.9. The molecule has 28 heavy (non-hydrogen) atoms. The molecule has 3 rings (SSSR count). The molecule has 0 saturated carbocycles. The number of aromatic nitrogens is 2. The average molecular weight is 376 g/mol. The maximum absolute atomic E-state index is 6.05. The molecule has 144 valence electrons. The molecule has 0 fully saturated rings. The minimum Gasteiger partial charge on any atom is -0.496 e. The summed E-state index contributed by atoms with van der Waals surface area (Å²) in [6.45, 7) is 6.05. The van der Waals surface area contributed by atoms with E-state index in [4.69, 9.17) is 15.2 Å². The zero-order valence-corrected chi connectivity index (χ0v) is 16.1. The van der Waals surface area contributed by atoms with Gasteiger partial charge in [-0.3, -0.25) is 0 Å². The molecule has 0 aliphatic heterocycles. The van der Waals surface area contributed by atoms with E-state index in [1.807, 2.05) is 55.5 Å². The van der Waals surface area contributed by atoms with Gasteiger partial charge in [0.2, 0.25) is 5.95 Å². The first-order chi connectivity index (χ1) is 13.6. The van der Waals surface area contributed by atoms with E-state index in [2.05, 4.69) is 16.7 Å². The van der Waals surface area contributed by atoms with Crippen LogP contribution < -0.4 is 15.2 Å². The van der Waals surface area contributed by atoms with Crippen LogP contribution in [-0.2, 0) is 13.0 Å². The van der Waals surface area contributed by atoms with Gasteiger partial charge in [-0.05, 0) is 48.7 Å². The highest BCUT2D eigenvalue weighted by Crippen LogP contribution is 2.24. The quantitative estimate of drug-likeness (QED) is 0.477. The Bertz CT molecular complexity index is 992. The highest BCUT2D eigenvalue weighted by atomic mass is 16.5. The summed E-state index contributed by atoms with van der Waals surface area (Å²) >= 11 is 0. The molecule has 0 radical (unpaired) electrons. The monoisotopic (exact) mass is 376 g/mol. The third-order valence-corrected chi connectivity index (χ3v) is 4.19. The van der Waals surface area contributed by atoms with Gasteiger partial charge in [-0.1, -0.05) is 24.3 Å². The zero-order chi connectivity index (χ0) is 19.9. The van der Waals surface area contributed by atoms with Gasteiger partial charge in [-0.25, -0.2) is 9.66 Å². The zero-order valence-electron chi connectivity index (χ0n) is 16.1. The average Bonchev–Trinajstić information content (AvgIpc) is 3.03. The summed E-state index contributed by atoms with van der Waals surface area (Å²) < 4.78 is 13.1. The van der Waals surface area contributed by atoms with Gasteiger partial charge in [-0.2, -0.15) is 5.10 Å². The van der Waals surface area contributed by atoms with Crippen LogP contribution in [0.1, 0.15) is 22.4 Å². The van der Waals surface area contributed by atoms with Crippen molar-refractivity contribution in [3.05, 3.63) is 83.7 Å². The maximum Gasteiger partial charge on any atom is 0.221 e. The van der Waals surface area contributed by atoms with E-state index in [1.165, 1.54) is 0 Å². The molecule has 0 aliphatic rings. The van der Waals surface area contributed by atoms with E-state index >= 15 is 0 Å². The van der Waals surface area contributed by atoms with Gasteiger partial charge in [0.25, 0.3) is 0 Å². The standard InChI is InChI=1S/C22H24N4O2/c1-4-7-18-8-5-6-9-21(18)28-15-19-12-17(10-11-20(19)27-3)13-24-26-14-16(2)25-22(26)23/h4-6,8-14H,1,7,15H2,2-3H3,(H2,23,25). The number of imidazole rings is 1. The number of benzene rings is 2. The molecule has 3 aromatic rings. The predicted octanol–water partition coefficient (Wildman–Crippen LogP) is 3.97. The number of hydrogen-bond donors (Lipinski definition) is 1. The Labute approximate surface area is 164 Å². The second kappa shape index (κ2) is 8.90. The summed E-state index contributed by atoms with van der Waals surface area (Å²) in [6, 6.07) is 13.8. The first-order valence-electron chi connectivity index (χ1n) is 8.95. The van der Waals surface area contributed by atoms with Crippen LogP contribution in [0.4, 0.5) is 5.95 Å². The van der Waals surface area contributed by atoms with Crippen molar-refractivity contribution in [2.75, 3.05) is 12.8 Å². The van der Waals surface area contributed by atoms with Crippen molar-refractivity contribution < 1.29 is 9.47 Å². The molecule has 0 unspecified atom stereocenters. The third-order valence-electron chi connectivity index (χ3n) is 4.19. The number of aryl methyl sites for hydroxylation is 1. The Balaban J connectivity index is 1.80. The number of nitrogens with two attached hydrogens (primary N) is 1. The molecule has 0 atom stereocenters. The smallest absolute Gasteiger partial charge is 0.221 e. The molecular formula is C22H24N4O2. The van der Waals surface area contributed by atoms with E-state index in [0.717, 1.165) is 40.3 Å². The minimum absolute atomic E-state index is 0.352. The third kappa shape index (κ3) is 4.59. The van der Waals surface area contributed by atoms with Gasteiger partial charge >= 0.3 is 0 Å². The maximum atomic E-state index is 6.05. The van der Waals surface area contributed by atoms with Gasteiger partial charge in [0.15, 0.2) is 0 Å². The van der Waals surface area contributed by atoms with E-state index in [0.29, 0.717) is 12.6 Å². The van der Waals surface area contributed by atoms with E-state index in [1.54, 1.807) is 24.2 Å². The Morgan fingerprint density at radius 1 is 1.18 bits per heavy atom. The van der Waals surface area contributed by atoms with Crippen LogP contribution in [-0.4, -0.2) is 23.0 Å². The Morgan fingerprint density at radius 2 is 2.00 bits per heavy atom. The highest BCUT2D eigenvalue weighted by Gasteiger charge is 2.08. The van der Waals surface area contributed by atoms with Crippen molar-refractivity contribution in [1.29, 1.82) is 0 Å². The molecule has 0 amide bonds. The number of ether oxygens (including phenoxy) is 2. The number of anilines is 1. The van der Waals surface area contributed by atoms with Gasteiger partial charge in [0.05, 0.1) is 25.2 Å². The summed E-state index contributed by atoms with van der Waals surface area (Å²) in [5, 5.41) is 4.36. The Morgan fingerprint density at radius 3 is 2.71 bits per heavy atom. The number of rotatable bonds is 8. The SMILES string of the molecule is C=CCc1ccccc1OCc1cc(C=Nn2cc(C)nc2N)ccc1OC. The van der Waals surface area contributed by atoms with Crippen molar-refractivity contribution in [2.45, 2.75) is 20.0 Å². The van der Waals surface area contributed by atoms with Crippen molar-refractivity contribution in [2.24, 2.45) is 5.10 Å². The number of para-hydroxylation sites is 1. The summed E-state index contributed by atoms with van der Waals surface area (Å²) in [6.07, 6.45) is 6.12.